The summed E-state index contributed by atoms with van der Waals surface area (Å²) in [5.41, 5.74) is 0. The van der Waals surface area contributed by atoms with Crippen molar-refractivity contribution >= 4 is 24.2 Å². The highest BCUT2D eigenvalue weighted by atomic mass is 79.9. The van der Waals surface area contributed by atoms with Gasteiger partial charge in [0.05, 0.1) is 0 Å². The van der Waals surface area contributed by atoms with Gasteiger partial charge < -0.3 is 14.9 Å². The lowest BCUT2D eigenvalue weighted by molar-refractivity contribution is 0.254. The average Bonchev–Trinajstić information content (AvgIpc) is 2.02. The lowest BCUT2D eigenvalue weighted by Crippen LogP contribution is -1.93. The van der Waals surface area contributed by atoms with Crippen LogP contribution in [0.15, 0.2) is 0 Å². The Morgan fingerprint density at radius 3 is 2.00 bits per heavy atom. The van der Waals surface area contributed by atoms with Crippen LogP contribution in [-0.4, -0.2) is 19.9 Å². The van der Waals surface area contributed by atoms with E-state index in [0.29, 0.717) is 0 Å². The molecule has 1 unspecified atom stereocenters. The first-order chi connectivity index (χ1) is 6.50. The maximum absolute atomic E-state index is 8.83. The van der Waals surface area contributed by atoms with Crippen LogP contribution in [0.1, 0.15) is 45.4 Å². The second kappa shape index (κ2) is 13.6. The van der Waals surface area contributed by atoms with Gasteiger partial charge >= 0.3 is 8.25 Å². The van der Waals surface area contributed by atoms with Crippen molar-refractivity contribution < 1.29 is 19.5 Å². The van der Waals surface area contributed by atoms with Crippen molar-refractivity contribution in [3.05, 3.63) is 0 Å². The van der Waals surface area contributed by atoms with E-state index < -0.39 is 8.25 Å². The highest BCUT2D eigenvalue weighted by molar-refractivity contribution is 9.09. The second-order valence-corrected chi connectivity index (χ2v) is 4.54. The number of hydrogen-bond donors (Lipinski definition) is 3. The topological polar surface area (TPSA) is 77.8 Å². The van der Waals surface area contributed by atoms with Crippen molar-refractivity contribution in [2.75, 3.05) is 0 Å². The smallest absolute Gasteiger partial charge is 0.314 e. The van der Waals surface area contributed by atoms with E-state index in [1.165, 1.54) is 25.7 Å². The molecule has 88 valence electrons. The Morgan fingerprint density at radius 2 is 1.64 bits per heavy atom. The Hall–Kier alpha value is 0.590. The molecule has 6 heteroatoms. The van der Waals surface area contributed by atoms with Crippen LogP contribution in [0.2, 0.25) is 0 Å². The molecule has 0 saturated heterocycles. The Bertz CT molecular complexity index is 129. The Balaban J connectivity index is 0. The van der Waals surface area contributed by atoms with Gasteiger partial charge in [0.25, 0.3) is 0 Å². The molecule has 0 fully saturated rings. The molecule has 0 amide bonds. The molecule has 0 aromatic rings. The molecular formula is C8H20BrO4P. The molecule has 0 saturated carbocycles. The minimum absolute atomic E-state index is 0.283. The third-order valence-electron chi connectivity index (χ3n) is 1.55. The summed E-state index contributed by atoms with van der Waals surface area (Å²) in [6.07, 6.45) is 7.23. The number of unbranched alkanes of at least 4 members (excludes halogenated alkanes) is 4. The molecule has 0 aromatic carbocycles. The van der Waals surface area contributed by atoms with Crippen molar-refractivity contribution in [2.45, 2.75) is 50.5 Å². The fourth-order valence-corrected chi connectivity index (χ4v) is 1.24. The summed E-state index contributed by atoms with van der Waals surface area (Å²) >= 11 is 3.10. The molecule has 1 atom stereocenters. The quantitative estimate of drug-likeness (QED) is 0.399. The third-order valence-corrected chi connectivity index (χ3v) is 2.00. The summed E-state index contributed by atoms with van der Waals surface area (Å²) in [5, 5.41) is 8.54. The zero-order valence-corrected chi connectivity index (χ0v) is 11.0. The summed E-state index contributed by atoms with van der Waals surface area (Å²) in [7, 11) is -3.13. The van der Waals surface area contributed by atoms with E-state index in [1.807, 2.05) is 0 Å². The number of halogens is 1. The molecule has 0 bridgehead atoms. The predicted molar refractivity (Wildman–Crippen MR) is 61.7 cm³/mol. The van der Waals surface area contributed by atoms with E-state index in [9.17, 15) is 0 Å². The fourth-order valence-electron chi connectivity index (χ4n) is 0.916. The van der Waals surface area contributed by atoms with E-state index in [1.54, 1.807) is 0 Å². The van der Waals surface area contributed by atoms with Crippen LogP contribution in [0, 0.1) is 0 Å². The van der Waals surface area contributed by atoms with Crippen LogP contribution in [-0.2, 0) is 4.57 Å². The van der Waals surface area contributed by atoms with Crippen LogP contribution >= 0.6 is 24.2 Å². The summed E-state index contributed by atoms with van der Waals surface area (Å²) in [6.45, 7) is 2.21. The lowest BCUT2D eigenvalue weighted by Gasteiger charge is -2.00. The van der Waals surface area contributed by atoms with Gasteiger partial charge in [-0.15, -0.1) is 0 Å². The van der Waals surface area contributed by atoms with Crippen LogP contribution in [0.3, 0.4) is 0 Å². The number of hydrogen-bond acceptors (Lipinski definition) is 2. The minimum atomic E-state index is -3.13. The second-order valence-electron chi connectivity index (χ2n) is 2.92. The number of rotatable bonds is 6. The van der Waals surface area contributed by atoms with Crippen LogP contribution in [0.25, 0.3) is 0 Å². The van der Waals surface area contributed by atoms with Crippen LogP contribution in [0.4, 0.5) is 0 Å². The molecular weight excluding hydrogens is 271 g/mol. The largest absolute Gasteiger partial charge is 0.382 e. The molecule has 0 aliphatic rings. The van der Waals surface area contributed by atoms with Gasteiger partial charge in [-0.2, -0.15) is 0 Å². The normalized spacial score (nSPS) is 12.1. The van der Waals surface area contributed by atoms with Gasteiger partial charge in [-0.1, -0.05) is 48.5 Å². The van der Waals surface area contributed by atoms with Crippen molar-refractivity contribution in [3.8, 4) is 0 Å². The van der Waals surface area contributed by atoms with E-state index in [0.717, 1.165) is 12.8 Å². The van der Waals surface area contributed by atoms with Gasteiger partial charge in [0.2, 0.25) is 0 Å². The maximum atomic E-state index is 8.83. The zero-order valence-electron chi connectivity index (χ0n) is 8.45. The van der Waals surface area contributed by atoms with Gasteiger partial charge in [0.1, 0.15) is 5.01 Å². The van der Waals surface area contributed by atoms with Gasteiger partial charge in [-0.05, 0) is 12.8 Å². The molecule has 0 aromatic heterocycles. The standard InChI is InChI=1S/C8H17BrO.H3O3P/c1-2-3-4-5-6-7-8(9)10;1-4(2)3/h8,10H,2-7H2,1H3;4H,(H2,1,2,3). The molecule has 4 nitrogen and oxygen atoms in total. The molecule has 0 radical (unpaired) electrons. The Kier molecular flexibility index (Phi) is 16.5. The molecule has 0 aliphatic heterocycles. The summed E-state index contributed by atoms with van der Waals surface area (Å²) in [6, 6.07) is 0. The maximum Gasteiger partial charge on any atom is 0.314 e. The number of aliphatic hydroxyl groups excluding tert-OH is 1. The molecule has 0 aliphatic carbocycles. The van der Waals surface area contributed by atoms with Crippen molar-refractivity contribution in [3.63, 3.8) is 0 Å². The van der Waals surface area contributed by atoms with Crippen molar-refractivity contribution in [2.24, 2.45) is 0 Å². The van der Waals surface area contributed by atoms with E-state index >= 15 is 0 Å². The van der Waals surface area contributed by atoms with Crippen LogP contribution < -0.4 is 0 Å². The Labute approximate surface area is 94.4 Å². The fraction of sp³-hybridized carbons (Fsp3) is 1.00. The van der Waals surface area contributed by atoms with Crippen molar-refractivity contribution in [1.82, 2.24) is 0 Å². The first-order valence-corrected chi connectivity index (χ1v) is 6.96. The third kappa shape index (κ3) is 29.4. The monoisotopic (exact) mass is 290 g/mol. The van der Waals surface area contributed by atoms with Gasteiger partial charge in [-0.25, -0.2) is 0 Å². The summed E-state index contributed by atoms with van der Waals surface area (Å²) < 4.78 is 8.74. The zero-order chi connectivity index (χ0) is 11.4. The molecule has 0 spiro atoms. The van der Waals surface area contributed by atoms with E-state index in [2.05, 4.69) is 22.9 Å². The van der Waals surface area contributed by atoms with Crippen molar-refractivity contribution in [1.29, 1.82) is 0 Å². The lowest BCUT2D eigenvalue weighted by atomic mass is 10.1. The average molecular weight is 291 g/mol. The molecule has 0 rings (SSSR count). The number of aliphatic hydroxyl groups is 1. The molecule has 3 N–H and O–H groups in total. The Morgan fingerprint density at radius 1 is 1.21 bits per heavy atom. The molecule has 0 heterocycles. The van der Waals surface area contributed by atoms with Gasteiger partial charge in [0.15, 0.2) is 0 Å². The molecule has 14 heavy (non-hydrogen) atoms. The van der Waals surface area contributed by atoms with E-state index in [4.69, 9.17) is 19.5 Å². The highest BCUT2D eigenvalue weighted by Gasteiger charge is 1.95. The van der Waals surface area contributed by atoms with Gasteiger partial charge in [-0.3, -0.25) is 4.57 Å². The first kappa shape index (κ1) is 17.0. The van der Waals surface area contributed by atoms with E-state index in [-0.39, 0.29) is 5.01 Å². The predicted octanol–water partition coefficient (Wildman–Crippen LogP) is 2.42. The summed E-state index contributed by atoms with van der Waals surface area (Å²) in [4.78, 5) is 14.3. The SMILES string of the molecule is CCCCCCCC(O)Br.O=[PH](O)O. The summed E-state index contributed by atoms with van der Waals surface area (Å²) in [5.74, 6) is 0. The first-order valence-electron chi connectivity index (χ1n) is 4.74. The van der Waals surface area contributed by atoms with Crippen LogP contribution in [0.5, 0.6) is 0 Å². The highest BCUT2D eigenvalue weighted by Crippen LogP contribution is 2.09. The minimum Gasteiger partial charge on any atom is -0.382 e. The number of alkyl halides is 1. The van der Waals surface area contributed by atoms with Gasteiger partial charge in [0, 0.05) is 0 Å².